The van der Waals surface area contributed by atoms with Gasteiger partial charge in [0.1, 0.15) is 5.56 Å². The van der Waals surface area contributed by atoms with E-state index in [4.69, 9.17) is 14.6 Å². The smallest absolute Gasteiger partial charge is 0.290 e. The molecule has 134 valence electrons. The maximum atomic E-state index is 12.7. The summed E-state index contributed by atoms with van der Waals surface area (Å²) < 4.78 is 5.85. The Kier molecular flexibility index (Phi) is 4.34. The van der Waals surface area contributed by atoms with Crippen LogP contribution in [0.4, 0.5) is 0 Å². The van der Waals surface area contributed by atoms with Gasteiger partial charge in [-0.15, -0.1) is 0 Å². The Morgan fingerprint density at radius 1 is 1.40 bits per heavy atom. The molecule has 4 heterocycles. The van der Waals surface area contributed by atoms with Gasteiger partial charge in [0.15, 0.2) is 5.72 Å². The van der Waals surface area contributed by atoms with Gasteiger partial charge >= 0.3 is 0 Å². The molecule has 0 bridgehead atoms. The molecule has 3 saturated heterocycles. The van der Waals surface area contributed by atoms with Crippen molar-refractivity contribution in [1.29, 1.82) is 0 Å². The first kappa shape index (κ1) is 17.2. The second kappa shape index (κ2) is 6.32. The molecule has 3 aliphatic heterocycles. The normalized spacial score (nSPS) is 26.8. The van der Waals surface area contributed by atoms with Gasteiger partial charge in [-0.1, -0.05) is 0 Å². The summed E-state index contributed by atoms with van der Waals surface area (Å²) >= 11 is 0. The Morgan fingerprint density at radius 2 is 2.12 bits per heavy atom. The fourth-order valence-electron chi connectivity index (χ4n) is 3.93. The molecule has 0 unspecified atom stereocenters. The lowest BCUT2D eigenvalue weighted by molar-refractivity contribution is -0.136. The van der Waals surface area contributed by atoms with Gasteiger partial charge in [-0.25, -0.2) is 0 Å². The van der Waals surface area contributed by atoms with Gasteiger partial charge < -0.3 is 24.6 Å². The number of nitrogens with zero attached hydrogens (tertiary/aromatic N) is 2. The van der Waals surface area contributed by atoms with Crippen molar-refractivity contribution in [1.82, 2.24) is 14.8 Å². The number of amides is 2. The van der Waals surface area contributed by atoms with Crippen molar-refractivity contribution in [3.63, 3.8) is 0 Å². The molecule has 1 aromatic heterocycles. The van der Waals surface area contributed by atoms with E-state index < -0.39 is 5.72 Å². The molecule has 9 nitrogen and oxygen atoms in total. The van der Waals surface area contributed by atoms with Crippen LogP contribution in [0.1, 0.15) is 28.9 Å². The third-order valence-corrected chi connectivity index (χ3v) is 4.95. The van der Waals surface area contributed by atoms with E-state index in [-0.39, 0.29) is 41.9 Å². The Bertz CT molecular complexity index is 775. The van der Waals surface area contributed by atoms with E-state index >= 15 is 0 Å². The molecular weight excluding hydrogens is 330 g/mol. The van der Waals surface area contributed by atoms with E-state index in [0.29, 0.717) is 31.8 Å². The van der Waals surface area contributed by atoms with Crippen LogP contribution in [0.5, 0.6) is 0 Å². The predicted octanol–water partition coefficient (Wildman–Crippen LogP) is -0.443. The number of nitrogens with one attached hydrogen (secondary N) is 1. The van der Waals surface area contributed by atoms with Crippen molar-refractivity contribution in [2.75, 3.05) is 19.7 Å². The molecule has 2 amide bonds. The lowest BCUT2D eigenvalue weighted by Crippen LogP contribution is -2.49. The number of carbonyl (C=O) groups excluding carboxylic acids is 2. The zero-order chi connectivity index (χ0) is 18.2. The molecule has 2 atom stereocenters. The van der Waals surface area contributed by atoms with Crippen molar-refractivity contribution in [3.8, 4) is 0 Å². The monoisotopic (exact) mass is 349 g/mol. The summed E-state index contributed by atoms with van der Waals surface area (Å²) in [5.74, 6) is -0.300. The molecular formula is C16H19N3O6. The summed E-state index contributed by atoms with van der Waals surface area (Å²) in [6, 6.07) is 2.96. The van der Waals surface area contributed by atoms with E-state index in [1.807, 2.05) is 0 Å². The second-order valence-electron chi connectivity index (χ2n) is 6.20. The molecule has 3 fully saturated rings. The van der Waals surface area contributed by atoms with Gasteiger partial charge in [0.05, 0.1) is 19.1 Å². The highest BCUT2D eigenvalue weighted by molar-refractivity contribution is 5.95. The molecule has 9 heteroatoms. The molecule has 0 radical (unpaired) electrons. The summed E-state index contributed by atoms with van der Waals surface area (Å²) in [6.45, 7) is 3.11. The highest BCUT2D eigenvalue weighted by Gasteiger charge is 2.62. The fraction of sp³-hybridized carbons (Fsp3) is 0.500. The zero-order valence-corrected chi connectivity index (χ0v) is 13.7. The SMILES string of the molecule is Cc1ccc(C(=O)N2CC[C@@]34OCCN3C(=O)C[C@@H]24)c(=O)[nH]1.O=CO. The van der Waals surface area contributed by atoms with Crippen molar-refractivity contribution in [2.24, 2.45) is 0 Å². The summed E-state index contributed by atoms with van der Waals surface area (Å²) in [5.41, 5.74) is -0.226. The van der Waals surface area contributed by atoms with Gasteiger partial charge in [0, 0.05) is 25.2 Å². The molecule has 4 rings (SSSR count). The first-order valence-electron chi connectivity index (χ1n) is 7.98. The van der Waals surface area contributed by atoms with Gasteiger partial charge in [-0.05, 0) is 19.1 Å². The number of aryl methyl sites for hydroxylation is 1. The van der Waals surface area contributed by atoms with E-state index in [2.05, 4.69) is 4.98 Å². The number of rotatable bonds is 1. The van der Waals surface area contributed by atoms with Crippen LogP contribution in [0.2, 0.25) is 0 Å². The Hall–Kier alpha value is -2.68. The minimum Gasteiger partial charge on any atom is -0.483 e. The fourth-order valence-corrected chi connectivity index (χ4v) is 3.93. The van der Waals surface area contributed by atoms with Gasteiger partial charge in [-0.2, -0.15) is 0 Å². The molecule has 2 N–H and O–H groups in total. The average Bonchev–Trinajstić information content (AvgIpc) is 3.19. The van der Waals surface area contributed by atoms with E-state index in [1.165, 1.54) is 0 Å². The van der Waals surface area contributed by atoms with E-state index in [1.54, 1.807) is 28.9 Å². The topological polar surface area (TPSA) is 120 Å². The number of hydrogen-bond donors (Lipinski definition) is 2. The highest BCUT2D eigenvalue weighted by Crippen LogP contribution is 2.45. The number of aromatic amines is 1. The second-order valence-corrected chi connectivity index (χ2v) is 6.20. The highest BCUT2D eigenvalue weighted by atomic mass is 16.5. The largest absolute Gasteiger partial charge is 0.483 e. The van der Waals surface area contributed by atoms with Gasteiger partial charge in [0.25, 0.3) is 17.9 Å². The van der Waals surface area contributed by atoms with Gasteiger partial charge in [0.2, 0.25) is 5.91 Å². The molecule has 1 aromatic rings. The number of H-pyrrole nitrogens is 1. The maximum absolute atomic E-state index is 12.7. The number of likely N-dealkylation sites (tertiary alicyclic amines) is 1. The van der Waals surface area contributed by atoms with Crippen LogP contribution in [-0.4, -0.2) is 69.6 Å². The first-order chi connectivity index (χ1) is 11.9. The Morgan fingerprint density at radius 3 is 2.80 bits per heavy atom. The van der Waals surface area contributed by atoms with Crippen LogP contribution < -0.4 is 5.56 Å². The van der Waals surface area contributed by atoms with E-state index in [9.17, 15) is 14.4 Å². The summed E-state index contributed by atoms with van der Waals surface area (Å²) in [5, 5.41) is 6.89. The maximum Gasteiger partial charge on any atom is 0.290 e. The zero-order valence-electron chi connectivity index (χ0n) is 13.7. The van der Waals surface area contributed by atoms with Crippen LogP contribution in [0.15, 0.2) is 16.9 Å². The van der Waals surface area contributed by atoms with Crippen LogP contribution >= 0.6 is 0 Å². The number of hydrogen-bond acceptors (Lipinski definition) is 5. The average molecular weight is 349 g/mol. The first-order valence-corrected chi connectivity index (χ1v) is 7.98. The van der Waals surface area contributed by atoms with Crippen molar-refractivity contribution in [3.05, 3.63) is 33.7 Å². The van der Waals surface area contributed by atoms with Crippen LogP contribution in [-0.2, 0) is 14.3 Å². The van der Waals surface area contributed by atoms with Crippen LogP contribution in [0, 0.1) is 6.92 Å². The molecule has 0 aromatic carbocycles. The molecule has 1 spiro atoms. The predicted molar refractivity (Wildman–Crippen MR) is 84.9 cm³/mol. The number of carboxylic acid groups (broad SMARTS) is 1. The molecule has 25 heavy (non-hydrogen) atoms. The minimum absolute atomic E-state index is 0.0258. The number of pyridine rings is 1. The van der Waals surface area contributed by atoms with Crippen molar-refractivity contribution >= 4 is 18.3 Å². The van der Waals surface area contributed by atoms with Crippen LogP contribution in [0.25, 0.3) is 0 Å². The molecule has 3 aliphatic rings. The number of aromatic nitrogens is 1. The number of ether oxygens (including phenoxy) is 1. The lowest BCUT2D eigenvalue weighted by atomic mass is 10.1. The summed E-state index contributed by atoms with van der Waals surface area (Å²) in [4.78, 5) is 51.3. The Labute approximate surface area is 143 Å². The van der Waals surface area contributed by atoms with Crippen molar-refractivity contribution in [2.45, 2.75) is 31.5 Å². The van der Waals surface area contributed by atoms with Crippen molar-refractivity contribution < 1.29 is 24.2 Å². The van der Waals surface area contributed by atoms with Crippen LogP contribution in [0.3, 0.4) is 0 Å². The third kappa shape index (κ3) is 2.60. The number of carbonyl (C=O) groups is 3. The third-order valence-electron chi connectivity index (χ3n) is 4.95. The van der Waals surface area contributed by atoms with Gasteiger partial charge in [-0.3, -0.25) is 19.2 Å². The minimum atomic E-state index is -0.662. The van der Waals surface area contributed by atoms with E-state index in [0.717, 1.165) is 0 Å². The Balaban J connectivity index is 0.000000569. The standard InChI is InChI=1S/C15H17N3O4.CH2O2/c1-9-2-3-10(13(20)16-9)14(21)17-5-4-15-11(17)8-12(19)18(15)6-7-22-15;2-1-3/h2-3,11H,4-8H2,1H3,(H,16,20);1H,(H,2,3)/t11-,15+;/m1./s1. The lowest BCUT2D eigenvalue weighted by Gasteiger charge is -2.31. The summed E-state index contributed by atoms with van der Waals surface area (Å²) in [6.07, 6.45) is 0.883. The molecule has 0 saturated carbocycles. The molecule has 0 aliphatic carbocycles. The summed E-state index contributed by atoms with van der Waals surface area (Å²) in [7, 11) is 0. The quantitative estimate of drug-likeness (QED) is 0.663.